The second-order valence-corrected chi connectivity index (χ2v) is 4.76. The SMILES string of the molecule is CC1CNC(C(=O)NC2CCCNC2=O)CN1. The summed E-state index contributed by atoms with van der Waals surface area (Å²) in [4.78, 5) is 23.4. The Morgan fingerprint density at radius 2 is 2.18 bits per heavy atom. The molecule has 2 aliphatic heterocycles. The van der Waals surface area contributed by atoms with Crippen LogP contribution in [0.5, 0.6) is 0 Å². The maximum Gasteiger partial charge on any atom is 0.242 e. The minimum absolute atomic E-state index is 0.0678. The molecule has 0 aromatic heterocycles. The molecule has 3 unspecified atom stereocenters. The number of hydrogen-bond donors (Lipinski definition) is 4. The van der Waals surface area contributed by atoms with Crippen LogP contribution in [-0.2, 0) is 9.59 Å². The van der Waals surface area contributed by atoms with Crippen LogP contribution in [0.1, 0.15) is 19.8 Å². The molecule has 0 aliphatic carbocycles. The summed E-state index contributed by atoms with van der Waals surface area (Å²) in [6, 6.07) is -0.213. The summed E-state index contributed by atoms with van der Waals surface area (Å²) in [5, 5.41) is 12.0. The number of piperazine rings is 1. The minimum atomic E-state index is -0.364. The molecule has 2 saturated heterocycles. The van der Waals surface area contributed by atoms with E-state index in [2.05, 4.69) is 28.2 Å². The van der Waals surface area contributed by atoms with Crippen molar-refractivity contribution in [3.05, 3.63) is 0 Å². The van der Waals surface area contributed by atoms with Gasteiger partial charge in [-0.25, -0.2) is 0 Å². The second kappa shape index (κ2) is 5.46. The summed E-state index contributed by atoms with van der Waals surface area (Å²) in [5.41, 5.74) is 0. The smallest absolute Gasteiger partial charge is 0.242 e. The number of piperidine rings is 1. The molecule has 0 bridgehead atoms. The van der Waals surface area contributed by atoms with Crippen LogP contribution < -0.4 is 21.3 Å². The third-order valence-corrected chi connectivity index (χ3v) is 3.26. The van der Waals surface area contributed by atoms with E-state index in [1.54, 1.807) is 0 Å². The fraction of sp³-hybridized carbons (Fsp3) is 0.818. The standard InChI is InChI=1S/C11H20N4O2/c1-7-5-14-9(6-13-7)11(17)15-8-3-2-4-12-10(8)16/h7-9,13-14H,2-6H2,1H3,(H,12,16)(H,15,17). The fourth-order valence-corrected chi connectivity index (χ4v) is 2.15. The predicted octanol–water partition coefficient (Wildman–Crippen LogP) is -1.67. The molecule has 6 nitrogen and oxygen atoms in total. The van der Waals surface area contributed by atoms with Gasteiger partial charge < -0.3 is 21.3 Å². The molecule has 2 amide bonds. The summed E-state index contributed by atoms with van der Waals surface area (Å²) >= 11 is 0. The van der Waals surface area contributed by atoms with E-state index in [1.807, 2.05) is 0 Å². The first kappa shape index (κ1) is 12.3. The largest absolute Gasteiger partial charge is 0.354 e. The fourth-order valence-electron chi connectivity index (χ4n) is 2.15. The minimum Gasteiger partial charge on any atom is -0.354 e. The van der Waals surface area contributed by atoms with Gasteiger partial charge in [0.05, 0.1) is 6.04 Å². The highest BCUT2D eigenvalue weighted by Gasteiger charge is 2.28. The van der Waals surface area contributed by atoms with E-state index in [9.17, 15) is 9.59 Å². The lowest BCUT2D eigenvalue weighted by Crippen LogP contribution is -2.61. The first-order valence-electron chi connectivity index (χ1n) is 6.21. The number of carbonyl (C=O) groups is 2. The molecule has 96 valence electrons. The van der Waals surface area contributed by atoms with E-state index in [1.165, 1.54) is 0 Å². The number of carbonyl (C=O) groups excluding carboxylic acids is 2. The molecule has 6 heteroatoms. The van der Waals surface area contributed by atoms with Crippen LogP contribution in [0.2, 0.25) is 0 Å². The van der Waals surface area contributed by atoms with E-state index in [4.69, 9.17) is 0 Å². The van der Waals surface area contributed by atoms with Gasteiger partial charge in [-0.2, -0.15) is 0 Å². The van der Waals surface area contributed by atoms with Gasteiger partial charge in [0, 0.05) is 25.7 Å². The Balaban J connectivity index is 1.82. The molecule has 4 N–H and O–H groups in total. The number of hydrogen-bond acceptors (Lipinski definition) is 4. The molecule has 2 aliphatic rings. The Hall–Kier alpha value is -1.14. The van der Waals surface area contributed by atoms with Crippen molar-refractivity contribution in [3.8, 4) is 0 Å². The van der Waals surface area contributed by atoms with Gasteiger partial charge in [-0.1, -0.05) is 0 Å². The third kappa shape index (κ3) is 3.17. The van der Waals surface area contributed by atoms with Crippen molar-refractivity contribution >= 4 is 11.8 Å². The van der Waals surface area contributed by atoms with Crippen molar-refractivity contribution in [2.24, 2.45) is 0 Å². The summed E-state index contributed by atoms with van der Waals surface area (Å²) in [6.07, 6.45) is 1.65. The molecular formula is C11H20N4O2. The van der Waals surface area contributed by atoms with E-state index >= 15 is 0 Å². The first-order chi connectivity index (χ1) is 8.16. The Morgan fingerprint density at radius 3 is 2.82 bits per heavy atom. The monoisotopic (exact) mass is 240 g/mol. The van der Waals surface area contributed by atoms with E-state index < -0.39 is 0 Å². The highest BCUT2D eigenvalue weighted by Crippen LogP contribution is 2.03. The van der Waals surface area contributed by atoms with Gasteiger partial charge >= 0.3 is 0 Å². The molecule has 0 aromatic carbocycles. The predicted molar refractivity (Wildman–Crippen MR) is 63.4 cm³/mol. The van der Waals surface area contributed by atoms with Gasteiger partial charge in [0.1, 0.15) is 6.04 Å². The Labute approximate surface area is 101 Å². The molecule has 0 saturated carbocycles. The number of nitrogens with one attached hydrogen (secondary N) is 4. The lowest BCUT2D eigenvalue weighted by molar-refractivity contribution is -0.131. The van der Waals surface area contributed by atoms with Crippen molar-refractivity contribution in [2.45, 2.75) is 37.9 Å². The average molecular weight is 240 g/mol. The van der Waals surface area contributed by atoms with Gasteiger partial charge in [-0.05, 0) is 19.8 Å². The zero-order valence-corrected chi connectivity index (χ0v) is 10.1. The summed E-state index contributed by atoms with van der Waals surface area (Å²) in [5.74, 6) is -0.159. The first-order valence-corrected chi connectivity index (χ1v) is 6.21. The zero-order chi connectivity index (χ0) is 12.3. The molecule has 0 aromatic rings. The van der Waals surface area contributed by atoms with E-state index in [0.29, 0.717) is 19.1 Å². The van der Waals surface area contributed by atoms with Crippen LogP contribution in [0.4, 0.5) is 0 Å². The van der Waals surface area contributed by atoms with Crippen molar-refractivity contribution in [1.82, 2.24) is 21.3 Å². The highest BCUT2D eigenvalue weighted by molar-refractivity contribution is 5.90. The highest BCUT2D eigenvalue weighted by atomic mass is 16.2. The second-order valence-electron chi connectivity index (χ2n) is 4.76. The van der Waals surface area contributed by atoms with Gasteiger partial charge in [-0.3, -0.25) is 9.59 Å². The Morgan fingerprint density at radius 1 is 1.35 bits per heavy atom. The van der Waals surface area contributed by atoms with Crippen molar-refractivity contribution in [2.75, 3.05) is 19.6 Å². The van der Waals surface area contributed by atoms with Crippen LogP contribution >= 0.6 is 0 Å². The van der Waals surface area contributed by atoms with Crippen LogP contribution in [0.3, 0.4) is 0 Å². The Kier molecular flexibility index (Phi) is 3.96. The quantitative estimate of drug-likeness (QED) is 0.465. The average Bonchev–Trinajstić information content (AvgIpc) is 2.33. The molecule has 3 atom stereocenters. The van der Waals surface area contributed by atoms with Crippen LogP contribution in [0, 0.1) is 0 Å². The molecular weight excluding hydrogens is 220 g/mol. The third-order valence-electron chi connectivity index (χ3n) is 3.26. The van der Waals surface area contributed by atoms with Gasteiger partial charge in [0.15, 0.2) is 0 Å². The summed E-state index contributed by atoms with van der Waals surface area (Å²) in [6.45, 7) is 4.16. The van der Waals surface area contributed by atoms with E-state index in [0.717, 1.165) is 19.4 Å². The van der Waals surface area contributed by atoms with Gasteiger partial charge in [0.25, 0.3) is 0 Å². The molecule has 0 spiro atoms. The van der Waals surface area contributed by atoms with Crippen LogP contribution in [0.15, 0.2) is 0 Å². The molecule has 2 rings (SSSR count). The van der Waals surface area contributed by atoms with E-state index in [-0.39, 0.29) is 23.9 Å². The van der Waals surface area contributed by atoms with Gasteiger partial charge in [-0.15, -0.1) is 0 Å². The summed E-state index contributed by atoms with van der Waals surface area (Å²) < 4.78 is 0. The van der Waals surface area contributed by atoms with Crippen LogP contribution in [0.25, 0.3) is 0 Å². The van der Waals surface area contributed by atoms with Gasteiger partial charge in [0.2, 0.25) is 11.8 Å². The molecule has 0 radical (unpaired) electrons. The maximum absolute atomic E-state index is 11.9. The topological polar surface area (TPSA) is 82.3 Å². The zero-order valence-electron chi connectivity index (χ0n) is 10.1. The van der Waals surface area contributed by atoms with Crippen LogP contribution in [-0.4, -0.2) is 49.6 Å². The normalized spacial score (nSPS) is 33.9. The molecule has 2 heterocycles. The maximum atomic E-state index is 11.9. The Bertz CT molecular complexity index is 300. The van der Waals surface area contributed by atoms with Crippen molar-refractivity contribution < 1.29 is 9.59 Å². The van der Waals surface area contributed by atoms with Crippen molar-refractivity contribution in [1.29, 1.82) is 0 Å². The van der Waals surface area contributed by atoms with Crippen molar-refractivity contribution in [3.63, 3.8) is 0 Å². The lowest BCUT2D eigenvalue weighted by Gasteiger charge is -2.30. The molecule has 2 fully saturated rings. The number of amides is 2. The lowest BCUT2D eigenvalue weighted by atomic mass is 10.1. The summed E-state index contributed by atoms with van der Waals surface area (Å²) in [7, 11) is 0. The molecule has 17 heavy (non-hydrogen) atoms. The number of rotatable bonds is 2.